The predicted octanol–water partition coefficient (Wildman–Crippen LogP) is 2.20. The van der Waals surface area contributed by atoms with E-state index in [0.29, 0.717) is 17.1 Å². The van der Waals surface area contributed by atoms with Crippen molar-refractivity contribution in [2.24, 2.45) is 0 Å². The Hall–Kier alpha value is -3.00. The lowest BCUT2D eigenvalue weighted by Gasteiger charge is -2.05. The zero-order valence-corrected chi connectivity index (χ0v) is 9.93. The van der Waals surface area contributed by atoms with Crippen molar-refractivity contribution in [1.82, 2.24) is 19.7 Å². The summed E-state index contributed by atoms with van der Waals surface area (Å²) in [6, 6.07) is 15.3. The van der Waals surface area contributed by atoms with Gasteiger partial charge in [0.15, 0.2) is 5.82 Å². The molecular weight excluding hydrogens is 238 g/mol. The van der Waals surface area contributed by atoms with Gasteiger partial charge in [-0.15, -0.1) is 10.2 Å². The average molecular weight is 247 g/mol. The smallest absolute Gasteiger partial charge is 0.187 e. The summed E-state index contributed by atoms with van der Waals surface area (Å²) in [5.41, 5.74) is 2.17. The molecule has 3 aromatic rings. The van der Waals surface area contributed by atoms with Gasteiger partial charge in [-0.1, -0.05) is 18.2 Å². The van der Waals surface area contributed by atoms with Crippen LogP contribution in [0, 0.1) is 11.3 Å². The molecule has 1 aromatic carbocycles. The van der Waals surface area contributed by atoms with Crippen LogP contribution in [0.3, 0.4) is 0 Å². The van der Waals surface area contributed by atoms with Crippen LogP contribution in [0.5, 0.6) is 0 Å². The summed E-state index contributed by atoms with van der Waals surface area (Å²) in [5.74, 6) is 0.649. The standard InChI is InChI=1S/C14H9N5/c15-8-11-6-7-13(16-9-11)14-18-17-10-19(14)12-4-2-1-3-5-12/h1-7,9-10H. The first-order chi connectivity index (χ1) is 9.38. The Labute approximate surface area is 109 Å². The van der Waals surface area contributed by atoms with Crippen molar-refractivity contribution in [2.75, 3.05) is 0 Å². The number of nitrogens with zero attached hydrogens (tertiary/aromatic N) is 5. The number of aromatic nitrogens is 4. The van der Waals surface area contributed by atoms with Gasteiger partial charge in [-0.2, -0.15) is 5.26 Å². The molecule has 19 heavy (non-hydrogen) atoms. The molecule has 0 bridgehead atoms. The van der Waals surface area contributed by atoms with Crippen molar-refractivity contribution in [3.05, 3.63) is 60.6 Å². The van der Waals surface area contributed by atoms with Crippen molar-refractivity contribution in [1.29, 1.82) is 5.26 Å². The lowest BCUT2D eigenvalue weighted by atomic mass is 10.2. The number of benzene rings is 1. The van der Waals surface area contributed by atoms with Crippen molar-refractivity contribution in [3.63, 3.8) is 0 Å². The molecule has 0 aliphatic heterocycles. The molecule has 0 fully saturated rings. The van der Waals surface area contributed by atoms with E-state index in [2.05, 4.69) is 15.2 Å². The lowest BCUT2D eigenvalue weighted by Crippen LogP contribution is -1.97. The molecule has 0 unspecified atom stereocenters. The number of pyridine rings is 1. The van der Waals surface area contributed by atoms with Gasteiger partial charge in [-0.3, -0.25) is 9.55 Å². The maximum Gasteiger partial charge on any atom is 0.187 e. The summed E-state index contributed by atoms with van der Waals surface area (Å²) in [6.07, 6.45) is 3.17. The van der Waals surface area contributed by atoms with E-state index in [1.54, 1.807) is 18.5 Å². The van der Waals surface area contributed by atoms with Crippen LogP contribution in [0.1, 0.15) is 5.56 Å². The van der Waals surface area contributed by atoms with E-state index in [0.717, 1.165) is 5.69 Å². The maximum atomic E-state index is 8.77. The molecule has 0 radical (unpaired) electrons. The Morgan fingerprint density at radius 1 is 1.05 bits per heavy atom. The Bertz CT molecular complexity index is 723. The minimum atomic E-state index is 0.523. The van der Waals surface area contributed by atoms with E-state index >= 15 is 0 Å². The molecule has 0 aliphatic rings. The molecule has 5 heteroatoms. The summed E-state index contributed by atoms with van der Waals surface area (Å²) in [5, 5.41) is 16.8. The zero-order valence-electron chi connectivity index (χ0n) is 9.93. The molecular formula is C14H9N5. The van der Waals surface area contributed by atoms with Gasteiger partial charge in [0, 0.05) is 11.9 Å². The highest BCUT2D eigenvalue weighted by Gasteiger charge is 2.09. The van der Waals surface area contributed by atoms with E-state index in [9.17, 15) is 0 Å². The summed E-state index contributed by atoms with van der Waals surface area (Å²) in [4.78, 5) is 4.23. The molecule has 0 aliphatic carbocycles. The molecule has 0 saturated heterocycles. The van der Waals surface area contributed by atoms with Gasteiger partial charge < -0.3 is 0 Å². The van der Waals surface area contributed by atoms with Crippen LogP contribution in [0.4, 0.5) is 0 Å². The normalized spacial score (nSPS) is 10.1. The third-order valence-electron chi connectivity index (χ3n) is 2.70. The van der Waals surface area contributed by atoms with Crippen LogP contribution in [0.2, 0.25) is 0 Å². The Kier molecular flexibility index (Phi) is 2.75. The molecule has 0 amide bonds. The second kappa shape index (κ2) is 4.70. The van der Waals surface area contributed by atoms with Gasteiger partial charge in [-0.05, 0) is 24.3 Å². The van der Waals surface area contributed by atoms with E-state index in [1.165, 1.54) is 6.20 Å². The fourth-order valence-electron chi connectivity index (χ4n) is 1.78. The fraction of sp³-hybridized carbons (Fsp3) is 0. The first-order valence-electron chi connectivity index (χ1n) is 5.70. The first kappa shape index (κ1) is 11.1. The summed E-state index contributed by atoms with van der Waals surface area (Å²) >= 11 is 0. The lowest BCUT2D eigenvalue weighted by molar-refractivity contribution is 1.05. The molecule has 0 saturated carbocycles. The highest BCUT2D eigenvalue weighted by molar-refractivity contribution is 5.54. The molecule has 3 rings (SSSR count). The molecule has 0 spiro atoms. The summed E-state index contributed by atoms with van der Waals surface area (Å²) in [6.45, 7) is 0. The fourth-order valence-corrected chi connectivity index (χ4v) is 1.78. The van der Waals surface area contributed by atoms with Crippen LogP contribution < -0.4 is 0 Å². The average Bonchev–Trinajstić information content (AvgIpc) is 2.98. The minimum absolute atomic E-state index is 0.523. The number of nitriles is 1. The summed E-state index contributed by atoms with van der Waals surface area (Å²) < 4.78 is 1.86. The predicted molar refractivity (Wildman–Crippen MR) is 69.3 cm³/mol. The maximum absolute atomic E-state index is 8.77. The number of para-hydroxylation sites is 1. The van der Waals surface area contributed by atoms with Crippen LogP contribution in [0.15, 0.2) is 55.0 Å². The highest BCUT2D eigenvalue weighted by atomic mass is 15.3. The highest BCUT2D eigenvalue weighted by Crippen LogP contribution is 2.18. The first-order valence-corrected chi connectivity index (χ1v) is 5.70. The topological polar surface area (TPSA) is 67.4 Å². The van der Waals surface area contributed by atoms with Crippen molar-refractivity contribution in [3.8, 4) is 23.3 Å². The number of hydrogen-bond donors (Lipinski definition) is 0. The third kappa shape index (κ3) is 2.07. The molecule has 5 nitrogen and oxygen atoms in total. The van der Waals surface area contributed by atoms with Crippen LogP contribution in [0.25, 0.3) is 17.2 Å². The van der Waals surface area contributed by atoms with Gasteiger partial charge in [-0.25, -0.2) is 0 Å². The van der Waals surface area contributed by atoms with E-state index in [-0.39, 0.29) is 0 Å². The van der Waals surface area contributed by atoms with E-state index in [1.807, 2.05) is 41.0 Å². The van der Waals surface area contributed by atoms with E-state index in [4.69, 9.17) is 5.26 Å². The quantitative estimate of drug-likeness (QED) is 0.696. The van der Waals surface area contributed by atoms with Crippen LogP contribution >= 0.6 is 0 Å². The van der Waals surface area contributed by atoms with Gasteiger partial charge in [0.2, 0.25) is 0 Å². The Morgan fingerprint density at radius 3 is 2.58 bits per heavy atom. The van der Waals surface area contributed by atoms with Gasteiger partial charge in [0.1, 0.15) is 18.1 Å². The minimum Gasteiger partial charge on any atom is -0.280 e. The SMILES string of the molecule is N#Cc1ccc(-c2nncn2-c2ccccc2)nc1. The van der Waals surface area contributed by atoms with Crippen LogP contribution in [-0.2, 0) is 0 Å². The van der Waals surface area contributed by atoms with Crippen molar-refractivity contribution < 1.29 is 0 Å². The van der Waals surface area contributed by atoms with Gasteiger partial charge in [0.25, 0.3) is 0 Å². The van der Waals surface area contributed by atoms with Gasteiger partial charge >= 0.3 is 0 Å². The van der Waals surface area contributed by atoms with Gasteiger partial charge in [0.05, 0.1) is 5.56 Å². The Morgan fingerprint density at radius 2 is 1.89 bits per heavy atom. The molecule has 0 atom stereocenters. The van der Waals surface area contributed by atoms with Crippen molar-refractivity contribution >= 4 is 0 Å². The Balaban J connectivity index is 2.07. The molecule has 2 heterocycles. The molecule has 0 N–H and O–H groups in total. The number of hydrogen-bond acceptors (Lipinski definition) is 4. The number of rotatable bonds is 2. The zero-order chi connectivity index (χ0) is 13.1. The molecule has 90 valence electrons. The van der Waals surface area contributed by atoms with E-state index < -0.39 is 0 Å². The third-order valence-corrected chi connectivity index (χ3v) is 2.70. The molecule has 2 aromatic heterocycles. The van der Waals surface area contributed by atoms with Crippen molar-refractivity contribution in [2.45, 2.75) is 0 Å². The largest absolute Gasteiger partial charge is 0.280 e. The second-order valence-corrected chi connectivity index (χ2v) is 3.90. The second-order valence-electron chi connectivity index (χ2n) is 3.90. The monoisotopic (exact) mass is 247 g/mol. The van der Waals surface area contributed by atoms with Crippen LogP contribution in [-0.4, -0.2) is 19.7 Å². The summed E-state index contributed by atoms with van der Waals surface area (Å²) in [7, 11) is 0.